The first-order chi connectivity index (χ1) is 7.66. The third kappa shape index (κ3) is 2.31. The van der Waals surface area contributed by atoms with Crippen LogP contribution in [0.2, 0.25) is 0 Å². The fraction of sp³-hybridized carbons (Fsp3) is 0.308. The van der Waals surface area contributed by atoms with E-state index in [0.717, 1.165) is 16.8 Å². The summed E-state index contributed by atoms with van der Waals surface area (Å²) in [6.07, 6.45) is 2.03. The molecule has 0 saturated heterocycles. The first kappa shape index (κ1) is 10.9. The van der Waals surface area contributed by atoms with Gasteiger partial charge in [0.2, 0.25) is 0 Å². The Morgan fingerprint density at radius 1 is 1.31 bits per heavy atom. The molecule has 2 rings (SSSR count). The van der Waals surface area contributed by atoms with Gasteiger partial charge in [0, 0.05) is 25.2 Å². The number of nitrogens with zero attached hydrogens (tertiary/aromatic N) is 2. The zero-order valence-electron chi connectivity index (χ0n) is 9.59. The topological polar surface area (TPSA) is 38.0 Å². The summed E-state index contributed by atoms with van der Waals surface area (Å²) in [4.78, 5) is 0. The molecule has 1 aromatic carbocycles. The van der Waals surface area contributed by atoms with Crippen molar-refractivity contribution in [2.24, 2.45) is 7.05 Å². The van der Waals surface area contributed by atoms with Crippen LogP contribution in [0.3, 0.4) is 0 Å². The van der Waals surface area contributed by atoms with Gasteiger partial charge in [-0.1, -0.05) is 30.3 Å². The number of hydrogen-bond donors (Lipinski definition) is 1. The highest BCUT2D eigenvalue weighted by molar-refractivity contribution is 5.23. The summed E-state index contributed by atoms with van der Waals surface area (Å²) >= 11 is 0. The van der Waals surface area contributed by atoms with E-state index in [9.17, 15) is 5.11 Å². The monoisotopic (exact) mass is 216 g/mol. The van der Waals surface area contributed by atoms with Gasteiger partial charge < -0.3 is 5.11 Å². The minimum absolute atomic E-state index is 0.476. The highest BCUT2D eigenvalue weighted by Gasteiger charge is 2.13. The molecule has 0 bridgehead atoms. The van der Waals surface area contributed by atoms with E-state index in [-0.39, 0.29) is 0 Å². The fourth-order valence-corrected chi connectivity index (χ4v) is 1.89. The average molecular weight is 216 g/mol. The van der Waals surface area contributed by atoms with Crippen LogP contribution < -0.4 is 0 Å². The van der Waals surface area contributed by atoms with Gasteiger partial charge in [-0.15, -0.1) is 0 Å². The van der Waals surface area contributed by atoms with Crippen molar-refractivity contribution in [2.75, 3.05) is 0 Å². The molecule has 0 radical (unpaired) electrons. The zero-order valence-corrected chi connectivity index (χ0v) is 9.59. The molecule has 0 amide bonds. The molecule has 2 aromatic rings. The molecule has 0 aliphatic rings. The largest absolute Gasteiger partial charge is 0.388 e. The van der Waals surface area contributed by atoms with Crippen LogP contribution in [0, 0.1) is 6.92 Å². The van der Waals surface area contributed by atoms with Crippen molar-refractivity contribution in [3.05, 3.63) is 53.3 Å². The van der Waals surface area contributed by atoms with E-state index in [1.54, 1.807) is 4.68 Å². The molecule has 3 nitrogen and oxygen atoms in total. The molecule has 1 heterocycles. The van der Waals surface area contributed by atoms with Crippen LogP contribution in [-0.2, 0) is 13.5 Å². The zero-order chi connectivity index (χ0) is 11.5. The molecular weight excluding hydrogens is 200 g/mol. The summed E-state index contributed by atoms with van der Waals surface area (Å²) < 4.78 is 1.74. The van der Waals surface area contributed by atoms with Crippen molar-refractivity contribution >= 4 is 0 Å². The lowest BCUT2D eigenvalue weighted by Crippen LogP contribution is -2.02. The molecule has 1 atom stereocenters. The van der Waals surface area contributed by atoms with E-state index >= 15 is 0 Å². The van der Waals surface area contributed by atoms with E-state index in [2.05, 4.69) is 5.10 Å². The van der Waals surface area contributed by atoms with E-state index in [1.165, 1.54) is 0 Å². The van der Waals surface area contributed by atoms with Gasteiger partial charge >= 0.3 is 0 Å². The molecule has 0 fully saturated rings. The Hall–Kier alpha value is -1.61. The number of aryl methyl sites for hydroxylation is 2. The lowest BCUT2D eigenvalue weighted by molar-refractivity contribution is 0.177. The molecule has 16 heavy (non-hydrogen) atoms. The number of aliphatic hydroxyl groups excluding tert-OH is 1. The maximum absolute atomic E-state index is 10.1. The quantitative estimate of drug-likeness (QED) is 0.852. The van der Waals surface area contributed by atoms with E-state index < -0.39 is 6.10 Å². The lowest BCUT2D eigenvalue weighted by Gasteiger charge is -2.09. The van der Waals surface area contributed by atoms with Crippen molar-refractivity contribution in [2.45, 2.75) is 19.4 Å². The van der Waals surface area contributed by atoms with Crippen LogP contribution in [0.25, 0.3) is 0 Å². The van der Waals surface area contributed by atoms with Crippen molar-refractivity contribution in [3.8, 4) is 0 Å². The normalized spacial score (nSPS) is 12.7. The van der Waals surface area contributed by atoms with E-state index in [4.69, 9.17) is 0 Å². The van der Waals surface area contributed by atoms with Gasteiger partial charge in [0.1, 0.15) is 0 Å². The number of aromatic nitrogens is 2. The molecule has 0 saturated carbocycles. The Balaban J connectivity index is 2.14. The second-order valence-electron chi connectivity index (χ2n) is 4.05. The second-order valence-corrected chi connectivity index (χ2v) is 4.05. The van der Waals surface area contributed by atoms with Crippen molar-refractivity contribution in [1.82, 2.24) is 9.78 Å². The van der Waals surface area contributed by atoms with Crippen molar-refractivity contribution in [3.63, 3.8) is 0 Å². The van der Waals surface area contributed by atoms with Gasteiger partial charge in [-0.05, 0) is 12.5 Å². The van der Waals surface area contributed by atoms with Crippen molar-refractivity contribution < 1.29 is 5.11 Å². The van der Waals surface area contributed by atoms with Crippen LogP contribution in [0.4, 0.5) is 0 Å². The first-order valence-electron chi connectivity index (χ1n) is 5.39. The van der Waals surface area contributed by atoms with Gasteiger partial charge in [-0.25, -0.2) is 0 Å². The maximum atomic E-state index is 10.1. The standard InChI is InChI=1S/C13H16N2O/c1-10-12(9-15(2)14-10)13(16)8-11-6-4-3-5-7-11/h3-7,9,13,16H,8H2,1-2H3. The third-order valence-electron chi connectivity index (χ3n) is 2.68. The SMILES string of the molecule is Cc1nn(C)cc1C(O)Cc1ccccc1. The Morgan fingerprint density at radius 2 is 2.00 bits per heavy atom. The molecule has 1 unspecified atom stereocenters. The van der Waals surface area contributed by atoms with Crippen LogP contribution >= 0.6 is 0 Å². The van der Waals surface area contributed by atoms with Gasteiger partial charge in [0.25, 0.3) is 0 Å². The Labute approximate surface area is 95.3 Å². The highest BCUT2D eigenvalue weighted by Crippen LogP contribution is 2.20. The van der Waals surface area contributed by atoms with Gasteiger partial charge in [-0.3, -0.25) is 4.68 Å². The summed E-state index contributed by atoms with van der Waals surface area (Å²) in [6.45, 7) is 1.92. The Bertz CT molecular complexity index is 462. The highest BCUT2D eigenvalue weighted by atomic mass is 16.3. The summed E-state index contributed by atoms with van der Waals surface area (Å²) in [5, 5.41) is 14.3. The fourth-order valence-electron chi connectivity index (χ4n) is 1.89. The van der Waals surface area contributed by atoms with Crippen LogP contribution in [0.5, 0.6) is 0 Å². The van der Waals surface area contributed by atoms with E-state index in [1.807, 2.05) is 50.5 Å². The van der Waals surface area contributed by atoms with E-state index in [0.29, 0.717) is 6.42 Å². The van der Waals surface area contributed by atoms with Crippen LogP contribution in [0.1, 0.15) is 22.9 Å². The Kier molecular flexibility index (Phi) is 3.06. The van der Waals surface area contributed by atoms with Gasteiger partial charge in [0.15, 0.2) is 0 Å². The number of hydrogen-bond acceptors (Lipinski definition) is 2. The van der Waals surface area contributed by atoms with Crippen LogP contribution in [-0.4, -0.2) is 14.9 Å². The molecule has 1 aromatic heterocycles. The maximum Gasteiger partial charge on any atom is 0.0863 e. The number of aliphatic hydroxyl groups is 1. The van der Waals surface area contributed by atoms with Gasteiger partial charge in [-0.2, -0.15) is 5.10 Å². The second kappa shape index (κ2) is 4.49. The molecule has 0 aliphatic heterocycles. The van der Waals surface area contributed by atoms with Crippen molar-refractivity contribution in [1.29, 1.82) is 0 Å². The minimum Gasteiger partial charge on any atom is -0.388 e. The predicted octanol–water partition coefficient (Wildman–Crippen LogP) is 2.00. The molecule has 3 heteroatoms. The summed E-state index contributed by atoms with van der Waals surface area (Å²) in [5.74, 6) is 0. The molecule has 84 valence electrons. The van der Waals surface area contributed by atoms with Crippen LogP contribution in [0.15, 0.2) is 36.5 Å². The molecule has 0 aliphatic carbocycles. The minimum atomic E-state index is -0.476. The lowest BCUT2D eigenvalue weighted by atomic mass is 10.0. The summed E-state index contributed by atoms with van der Waals surface area (Å²) in [5.41, 5.74) is 2.94. The Morgan fingerprint density at radius 3 is 2.56 bits per heavy atom. The third-order valence-corrected chi connectivity index (χ3v) is 2.68. The summed E-state index contributed by atoms with van der Waals surface area (Å²) in [7, 11) is 1.87. The molecular formula is C13H16N2O. The average Bonchev–Trinajstić information content (AvgIpc) is 2.59. The summed E-state index contributed by atoms with van der Waals surface area (Å²) in [6, 6.07) is 9.99. The molecule has 0 spiro atoms. The van der Waals surface area contributed by atoms with Gasteiger partial charge in [0.05, 0.1) is 11.8 Å². The number of rotatable bonds is 3. The first-order valence-corrected chi connectivity index (χ1v) is 5.39. The molecule has 1 N–H and O–H groups in total. The number of benzene rings is 1. The smallest absolute Gasteiger partial charge is 0.0863 e. The predicted molar refractivity (Wildman–Crippen MR) is 63.1 cm³/mol.